The first-order valence-corrected chi connectivity index (χ1v) is 8.70. The fraction of sp³-hybridized carbons (Fsp3) is 0.389. The Morgan fingerprint density at radius 2 is 2.08 bits per heavy atom. The van der Waals surface area contributed by atoms with Crippen molar-refractivity contribution in [2.24, 2.45) is 0 Å². The lowest BCUT2D eigenvalue weighted by Crippen LogP contribution is -2.40. The second kappa shape index (κ2) is 6.99. The van der Waals surface area contributed by atoms with Gasteiger partial charge in [-0.3, -0.25) is 4.79 Å². The van der Waals surface area contributed by atoms with Crippen molar-refractivity contribution >= 4 is 34.2 Å². The summed E-state index contributed by atoms with van der Waals surface area (Å²) >= 11 is 6.19. The van der Waals surface area contributed by atoms with Crippen LogP contribution in [-0.4, -0.2) is 50.7 Å². The van der Waals surface area contributed by atoms with Crippen LogP contribution in [0.3, 0.4) is 0 Å². The van der Waals surface area contributed by atoms with E-state index in [-0.39, 0.29) is 22.7 Å². The van der Waals surface area contributed by atoms with E-state index in [1.165, 1.54) is 4.90 Å². The number of nitrogens with zero attached hydrogens (tertiary/aromatic N) is 2. The smallest absolute Gasteiger partial charge is 0.326 e. The van der Waals surface area contributed by atoms with Gasteiger partial charge in [-0.2, -0.15) is 0 Å². The zero-order valence-corrected chi connectivity index (χ0v) is 15.2. The summed E-state index contributed by atoms with van der Waals surface area (Å²) in [4.78, 5) is 29.4. The van der Waals surface area contributed by atoms with Crippen molar-refractivity contribution in [2.75, 3.05) is 6.54 Å². The first kappa shape index (κ1) is 18.3. The average molecular weight is 379 g/mol. The van der Waals surface area contributed by atoms with Gasteiger partial charge in [0.15, 0.2) is 11.4 Å². The summed E-state index contributed by atoms with van der Waals surface area (Å²) in [5, 5.41) is 20.8. The van der Waals surface area contributed by atoms with E-state index >= 15 is 0 Å². The zero-order valence-electron chi connectivity index (χ0n) is 14.4. The third kappa shape index (κ3) is 3.26. The Bertz CT molecular complexity index is 884. The summed E-state index contributed by atoms with van der Waals surface area (Å²) in [6.07, 6.45) is 0.890. The standard InChI is InChI=1S/C18H19ClN2O5/c1-9(2)26-10-5-6-11-12(8-10)15(22)14(20-16(11)19)17(23)21-7-3-4-13(21)18(24)25/h5-6,8-9,13,22H,3-4,7H2,1-2H3,(H,24,25). The molecule has 3 rings (SSSR count). The normalized spacial score (nSPS) is 17.1. The molecule has 0 spiro atoms. The van der Waals surface area contributed by atoms with Crippen LogP contribution < -0.4 is 4.74 Å². The number of carbonyl (C=O) groups is 2. The molecule has 1 unspecified atom stereocenters. The Hall–Kier alpha value is -2.54. The van der Waals surface area contributed by atoms with Gasteiger partial charge in [0.1, 0.15) is 16.9 Å². The van der Waals surface area contributed by atoms with Crippen LogP contribution in [0.1, 0.15) is 37.2 Å². The number of carboxylic acids is 1. The molecule has 0 radical (unpaired) electrons. The SMILES string of the molecule is CC(C)Oc1ccc2c(Cl)nc(C(=O)N3CCCC3C(=O)O)c(O)c2c1. The van der Waals surface area contributed by atoms with Gasteiger partial charge in [0, 0.05) is 17.3 Å². The third-order valence-corrected chi connectivity index (χ3v) is 4.56. The number of aliphatic carboxylic acids is 1. The highest BCUT2D eigenvalue weighted by atomic mass is 35.5. The molecule has 8 heteroatoms. The number of aromatic hydroxyl groups is 1. The molecule has 7 nitrogen and oxygen atoms in total. The van der Waals surface area contributed by atoms with Crippen LogP contribution in [0.15, 0.2) is 18.2 Å². The van der Waals surface area contributed by atoms with Crippen molar-refractivity contribution in [2.45, 2.75) is 38.8 Å². The number of rotatable bonds is 4. The summed E-state index contributed by atoms with van der Waals surface area (Å²) < 4.78 is 5.62. The van der Waals surface area contributed by atoms with Crippen molar-refractivity contribution in [3.8, 4) is 11.5 Å². The minimum Gasteiger partial charge on any atom is -0.505 e. The number of benzene rings is 1. The minimum absolute atomic E-state index is 0.0586. The molecular formula is C18H19ClN2O5. The number of hydrogen-bond donors (Lipinski definition) is 2. The molecule has 0 saturated carbocycles. The van der Waals surface area contributed by atoms with Gasteiger partial charge in [0.05, 0.1) is 6.10 Å². The molecule has 0 aliphatic carbocycles. The number of pyridine rings is 1. The highest BCUT2D eigenvalue weighted by molar-refractivity contribution is 6.35. The number of aromatic nitrogens is 1. The Kier molecular flexibility index (Phi) is 4.91. The average Bonchev–Trinajstić information content (AvgIpc) is 3.07. The second-order valence-electron chi connectivity index (χ2n) is 6.47. The Labute approximate surface area is 155 Å². The van der Waals surface area contributed by atoms with E-state index in [1.54, 1.807) is 18.2 Å². The predicted octanol–water partition coefficient (Wildman–Crippen LogP) is 3.07. The van der Waals surface area contributed by atoms with Crippen LogP contribution >= 0.6 is 11.6 Å². The number of ether oxygens (including phenoxy) is 1. The van der Waals surface area contributed by atoms with Crippen LogP contribution in [0.4, 0.5) is 0 Å². The van der Waals surface area contributed by atoms with Gasteiger partial charge in [0.2, 0.25) is 0 Å². The number of halogens is 1. The van der Waals surface area contributed by atoms with Gasteiger partial charge < -0.3 is 19.8 Å². The van der Waals surface area contributed by atoms with Crippen LogP contribution in [0.5, 0.6) is 11.5 Å². The summed E-state index contributed by atoms with van der Waals surface area (Å²) in [5.74, 6) is -1.53. The van der Waals surface area contributed by atoms with Crippen molar-refractivity contribution < 1.29 is 24.5 Å². The summed E-state index contributed by atoms with van der Waals surface area (Å²) in [7, 11) is 0. The lowest BCUT2D eigenvalue weighted by Gasteiger charge is -2.22. The van der Waals surface area contributed by atoms with E-state index in [2.05, 4.69) is 4.98 Å². The number of amides is 1. The van der Waals surface area contributed by atoms with Gasteiger partial charge >= 0.3 is 5.97 Å². The van der Waals surface area contributed by atoms with E-state index in [0.29, 0.717) is 35.9 Å². The van der Waals surface area contributed by atoms with Crippen molar-refractivity contribution in [1.82, 2.24) is 9.88 Å². The highest BCUT2D eigenvalue weighted by Crippen LogP contribution is 2.36. The van der Waals surface area contributed by atoms with E-state index < -0.39 is 17.9 Å². The molecule has 1 aromatic heterocycles. The Balaban J connectivity index is 2.07. The van der Waals surface area contributed by atoms with Gasteiger partial charge in [-0.1, -0.05) is 11.6 Å². The number of hydrogen-bond acceptors (Lipinski definition) is 5. The van der Waals surface area contributed by atoms with Crippen molar-refractivity contribution in [3.63, 3.8) is 0 Å². The minimum atomic E-state index is -1.07. The second-order valence-corrected chi connectivity index (χ2v) is 6.83. The molecule has 1 atom stereocenters. The molecule has 138 valence electrons. The molecule has 2 heterocycles. The van der Waals surface area contributed by atoms with Gasteiger partial charge in [0.25, 0.3) is 5.91 Å². The van der Waals surface area contributed by atoms with Crippen LogP contribution in [-0.2, 0) is 4.79 Å². The van der Waals surface area contributed by atoms with Crippen LogP contribution in [0.2, 0.25) is 5.15 Å². The first-order valence-electron chi connectivity index (χ1n) is 8.32. The lowest BCUT2D eigenvalue weighted by molar-refractivity contribution is -0.141. The number of likely N-dealkylation sites (tertiary alicyclic amines) is 1. The van der Waals surface area contributed by atoms with Crippen LogP contribution in [0.25, 0.3) is 10.8 Å². The van der Waals surface area contributed by atoms with Crippen molar-refractivity contribution in [1.29, 1.82) is 0 Å². The molecule has 2 aromatic rings. The summed E-state index contributed by atoms with van der Waals surface area (Å²) in [5.41, 5.74) is -0.252. The summed E-state index contributed by atoms with van der Waals surface area (Å²) in [6, 6.07) is 4.03. The predicted molar refractivity (Wildman–Crippen MR) is 95.9 cm³/mol. The number of carboxylic acid groups (broad SMARTS) is 1. The van der Waals surface area contributed by atoms with E-state index in [1.807, 2.05) is 13.8 Å². The quantitative estimate of drug-likeness (QED) is 0.793. The zero-order chi connectivity index (χ0) is 19.0. The molecule has 0 bridgehead atoms. The van der Waals surface area contributed by atoms with E-state index in [0.717, 1.165) is 0 Å². The van der Waals surface area contributed by atoms with Crippen molar-refractivity contribution in [3.05, 3.63) is 29.0 Å². The van der Waals surface area contributed by atoms with Gasteiger partial charge in [-0.25, -0.2) is 9.78 Å². The topological polar surface area (TPSA) is 100.0 Å². The molecular weight excluding hydrogens is 360 g/mol. The molecule has 1 fully saturated rings. The maximum atomic E-state index is 12.8. The lowest BCUT2D eigenvalue weighted by atomic mass is 10.1. The first-order chi connectivity index (χ1) is 12.3. The Morgan fingerprint density at radius 3 is 2.73 bits per heavy atom. The van der Waals surface area contributed by atoms with E-state index in [9.17, 15) is 19.8 Å². The number of carbonyl (C=O) groups excluding carboxylic acids is 1. The van der Waals surface area contributed by atoms with Gasteiger partial charge in [-0.15, -0.1) is 0 Å². The fourth-order valence-electron chi connectivity index (χ4n) is 3.14. The fourth-order valence-corrected chi connectivity index (χ4v) is 3.38. The maximum absolute atomic E-state index is 12.8. The molecule has 1 aliphatic heterocycles. The maximum Gasteiger partial charge on any atom is 0.326 e. The molecule has 1 saturated heterocycles. The van der Waals surface area contributed by atoms with Crippen LogP contribution in [0, 0.1) is 0 Å². The molecule has 1 amide bonds. The van der Waals surface area contributed by atoms with E-state index in [4.69, 9.17) is 16.3 Å². The number of fused-ring (bicyclic) bond motifs is 1. The largest absolute Gasteiger partial charge is 0.505 e. The van der Waals surface area contributed by atoms with Gasteiger partial charge in [-0.05, 0) is 44.9 Å². The summed E-state index contributed by atoms with van der Waals surface area (Å²) in [6.45, 7) is 4.04. The molecule has 1 aliphatic rings. The molecule has 26 heavy (non-hydrogen) atoms. The highest BCUT2D eigenvalue weighted by Gasteiger charge is 2.36. The molecule has 2 N–H and O–H groups in total. The third-order valence-electron chi connectivity index (χ3n) is 4.28. The molecule has 1 aromatic carbocycles. The monoisotopic (exact) mass is 378 g/mol. The Morgan fingerprint density at radius 1 is 1.35 bits per heavy atom.